The maximum Gasteiger partial charge on any atom is 0.234 e. The predicted molar refractivity (Wildman–Crippen MR) is 85.6 cm³/mol. The molecule has 2 heterocycles. The first kappa shape index (κ1) is 14.6. The zero-order chi connectivity index (χ0) is 15.4. The molecule has 0 atom stereocenters. The molecule has 0 spiro atoms. The highest BCUT2D eigenvalue weighted by molar-refractivity contribution is 8.00. The van der Waals surface area contributed by atoms with Gasteiger partial charge in [0.05, 0.1) is 17.9 Å². The quantitative estimate of drug-likeness (QED) is 0.905. The molecular formula is C16H15N3O2S. The molecule has 0 aliphatic carbocycles. The minimum atomic E-state index is -0.0569. The van der Waals surface area contributed by atoms with Crippen LogP contribution in [0.2, 0.25) is 0 Å². The molecule has 1 aliphatic heterocycles. The van der Waals surface area contributed by atoms with Gasteiger partial charge in [0.1, 0.15) is 0 Å². The van der Waals surface area contributed by atoms with E-state index in [-0.39, 0.29) is 18.2 Å². The van der Waals surface area contributed by atoms with E-state index in [1.165, 1.54) is 11.8 Å². The van der Waals surface area contributed by atoms with Gasteiger partial charge in [0.25, 0.3) is 0 Å². The monoisotopic (exact) mass is 313 g/mol. The van der Waals surface area contributed by atoms with E-state index >= 15 is 0 Å². The van der Waals surface area contributed by atoms with E-state index in [0.717, 1.165) is 21.7 Å². The Hall–Kier alpha value is -2.34. The van der Waals surface area contributed by atoms with Gasteiger partial charge in [-0.1, -0.05) is 12.1 Å². The fourth-order valence-electron chi connectivity index (χ4n) is 2.19. The summed E-state index contributed by atoms with van der Waals surface area (Å²) < 4.78 is 0. The first-order valence-corrected chi connectivity index (χ1v) is 7.90. The average Bonchev–Trinajstić information content (AvgIpc) is 2.53. The van der Waals surface area contributed by atoms with E-state index < -0.39 is 0 Å². The second-order valence-electron chi connectivity index (χ2n) is 4.98. The van der Waals surface area contributed by atoms with Crippen molar-refractivity contribution >= 4 is 29.3 Å². The average molecular weight is 313 g/mol. The lowest BCUT2D eigenvalue weighted by atomic mass is 10.1. The van der Waals surface area contributed by atoms with Gasteiger partial charge in [-0.2, -0.15) is 0 Å². The third-order valence-corrected chi connectivity index (χ3v) is 4.33. The Morgan fingerprint density at radius 2 is 2.23 bits per heavy atom. The number of carbonyl (C=O) groups excluding carboxylic acids is 2. The zero-order valence-corrected chi connectivity index (χ0v) is 12.7. The van der Waals surface area contributed by atoms with Crippen LogP contribution in [0.15, 0.2) is 47.6 Å². The van der Waals surface area contributed by atoms with Crippen molar-refractivity contribution in [2.24, 2.45) is 0 Å². The Bertz CT molecular complexity index is 704. The standard InChI is InChI=1S/C16H15N3O2S/c20-15(18-9-12-2-1-5-17-8-12)7-11-3-4-14-13(6-11)19-16(21)10-22-14/h1-6,8H,7,9-10H2,(H,18,20)(H,19,21). The normalized spacial score (nSPS) is 13.2. The maximum absolute atomic E-state index is 12.0. The van der Waals surface area contributed by atoms with Crippen LogP contribution in [0.1, 0.15) is 11.1 Å². The number of thioether (sulfide) groups is 1. The largest absolute Gasteiger partial charge is 0.352 e. The van der Waals surface area contributed by atoms with E-state index in [2.05, 4.69) is 15.6 Å². The summed E-state index contributed by atoms with van der Waals surface area (Å²) in [6.07, 6.45) is 3.71. The summed E-state index contributed by atoms with van der Waals surface area (Å²) in [5, 5.41) is 5.70. The lowest BCUT2D eigenvalue weighted by molar-refractivity contribution is -0.120. The molecule has 0 saturated carbocycles. The number of hydrogen-bond acceptors (Lipinski definition) is 4. The fourth-order valence-corrected chi connectivity index (χ4v) is 2.98. The van der Waals surface area contributed by atoms with Crippen LogP contribution in [0.25, 0.3) is 0 Å². The number of pyridine rings is 1. The Morgan fingerprint density at radius 1 is 1.32 bits per heavy atom. The van der Waals surface area contributed by atoms with E-state index in [9.17, 15) is 9.59 Å². The van der Waals surface area contributed by atoms with Gasteiger partial charge < -0.3 is 10.6 Å². The molecular weight excluding hydrogens is 298 g/mol. The molecule has 112 valence electrons. The van der Waals surface area contributed by atoms with Crippen LogP contribution < -0.4 is 10.6 Å². The van der Waals surface area contributed by atoms with Crippen molar-refractivity contribution in [3.63, 3.8) is 0 Å². The molecule has 2 N–H and O–H groups in total. The minimum Gasteiger partial charge on any atom is -0.352 e. The van der Waals surface area contributed by atoms with Crippen LogP contribution in [0.4, 0.5) is 5.69 Å². The Morgan fingerprint density at radius 3 is 3.05 bits per heavy atom. The molecule has 0 fully saturated rings. The third kappa shape index (κ3) is 3.65. The minimum absolute atomic E-state index is 0.00400. The Kier molecular flexibility index (Phi) is 4.39. The number of nitrogens with one attached hydrogen (secondary N) is 2. The number of amides is 2. The number of rotatable bonds is 4. The van der Waals surface area contributed by atoms with Gasteiger partial charge in [-0.15, -0.1) is 11.8 Å². The lowest BCUT2D eigenvalue weighted by Gasteiger charge is -2.17. The highest BCUT2D eigenvalue weighted by atomic mass is 32.2. The molecule has 2 aromatic rings. The number of benzene rings is 1. The highest BCUT2D eigenvalue weighted by Gasteiger charge is 2.16. The summed E-state index contributed by atoms with van der Waals surface area (Å²) in [6, 6.07) is 9.49. The van der Waals surface area contributed by atoms with Crippen molar-refractivity contribution in [1.29, 1.82) is 0 Å². The number of aromatic nitrogens is 1. The van der Waals surface area contributed by atoms with Gasteiger partial charge in [-0.3, -0.25) is 14.6 Å². The second kappa shape index (κ2) is 6.62. The number of fused-ring (bicyclic) bond motifs is 1. The molecule has 1 aromatic heterocycles. The lowest BCUT2D eigenvalue weighted by Crippen LogP contribution is -2.25. The van der Waals surface area contributed by atoms with Crippen LogP contribution in [0.3, 0.4) is 0 Å². The number of hydrogen-bond donors (Lipinski definition) is 2. The van der Waals surface area contributed by atoms with Gasteiger partial charge in [0.2, 0.25) is 11.8 Å². The molecule has 22 heavy (non-hydrogen) atoms. The van der Waals surface area contributed by atoms with E-state index in [0.29, 0.717) is 12.3 Å². The van der Waals surface area contributed by atoms with Crippen LogP contribution in [-0.4, -0.2) is 22.6 Å². The van der Waals surface area contributed by atoms with Crippen molar-refractivity contribution in [1.82, 2.24) is 10.3 Å². The summed E-state index contributed by atoms with van der Waals surface area (Å²) >= 11 is 1.51. The Labute approximate surface area is 132 Å². The molecule has 0 radical (unpaired) electrons. The smallest absolute Gasteiger partial charge is 0.234 e. The summed E-state index contributed by atoms with van der Waals surface area (Å²) in [4.78, 5) is 28.4. The van der Waals surface area contributed by atoms with E-state index in [1.54, 1.807) is 12.4 Å². The third-order valence-electron chi connectivity index (χ3n) is 3.25. The highest BCUT2D eigenvalue weighted by Crippen LogP contribution is 2.31. The summed E-state index contributed by atoms with van der Waals surface area (Å²) in [5.74, 6) is 0.382. The van der Waals surface area contributed by atoms with Crippen molar-refractivity contribution in [3.8, 4) is 0 Å². The van der Waals surface area contributed by atoms with Crippen molar-refractivity contribution < 1.29 is 9.59 Å². The number of nitrogens with zero attached hydrogens (tertiary/aromatic N) is 1. The van der Waals surface area contributed by atoms with Gasteiger partial charge in [0, 0.05) is 23.8 Å². The van der Waals surface area contributed by atoms with Crippen molar-refractivity contribution in [2.45, 2.75) is 17.9 Å². The van der Waals surface area contributed by atoms with Crippen LogP contribution in [0, 0.1) is 0 Å². The molecule has 0 unspecified atom stereocenters. The second-order valence-corrected chi connectivity index (χ2v) is 6.00. The van der Waals surface area contributed by atoms with Crippen LogP contribution >= 0.6 is 11.8 Å². The van der Waals surface area contributed by atoms with Crippen molar-refractivity contribution in [3.05, 3.63) is 53.9 Å². The van der Waals surface area contributed by atoms with E-state index in [4.69, 9.17) is 0 Å². The molecule has 0 saturated heterocycles. The molecule has 6 heteroatoms. The molecule has 1 aromatic carbocycles. The molecule has 3 rings (SSSR count). The molecule has 1 aliphatic rings. The van der Waals surface area contributed by atoms with Gasteiger partial charge in [0.15, 0.2) is 0 Å². The zero-order valence-electron chi connectivity index (χ0n) is 11.8. The van der Waals surface area contributed by atoms with Gasteiger partial charge >= 0.3 is 0 Å². The summed E-state index contributed by atoms with van der Waals surface area (Å²) in [6.45, 7) is 0.463. The summed E-state index contributed by atoms with van der Waals surface area (Å²) in [7, 11) is 0. The fraction of sp³-hybridized carbons (Fsp3) is 0.188. The van der Waals surface area contributed by atoms with Crippen LogP contribution in [0.5, 0.6) is 0 Å². The summed E-state index contributed by atoms with van der Waals surface area (Å²) in [5.41, 5.74) is 2.63. The first-order valence-electron chi connectivity index (χ1n) is 6.92. The topological polar surface area (TPSA) is 71.1 Å². The predicted octanol–water partition coefficient (Wildman–Crippen LogP) is 1.98. The molecule has 2 amide bonds. The van der Waals surface area contributed by atoms with E-state index in [1.807, 2.05) is 30.3 Å². The Balaban J connectivity index is 1.60. The maximum atomic E-state index is 12.0. The van der Waals surface area contributed by atoms with Crippen LogP contribution in [-0.2, 0) is 22.6 Å². The SMILES string of the molecule is O=C(Cc1ccc2c(c1)NC(=O)CS2)NCc1cccnc1. The van der Waals surface area contributed by atoms with Crippen molar-refractivity contribution in [2.75, 3.05) is 11.1 Å². The van der Waals surface area contributed by atoms with Gasteiger partial charge in [-0.05, 0) is 29.3 Å². The molecule has 0 bridgehead atoms. The number of anilines is 1. The molecule has 5 nitrogen and oxygen atoms in total. The first-order chi connectivity index (χ1) is 10.7. The number of carbonyl (C=O) groups is 2. The van der Waals surface area contributed by atoms with Gasteiger partial charge in [-0.25, -0.2) is 0 Å².